The van der Waals surface area contributed by atoms with Gasteiger partial charge in [-0.2, -0.15) is 0 Å². The van der Waals surface area contributed by atoms with Gasteiger partial charge < -0.3 is 9.47 Å². The predicted molar refractivity (Wildman–Crippen MR) is 131 cm³/mol. The fraction of sp³-hybridized carbons (Fsp3) is 0.786. The molecule has 0 bridgehead atoms. The van der Waals surface area contributed by atoms with Gasteiger partial charge >= 0.3 is 0 Å². The molecule has 2 nitrogen and oxygen atoms in total. The van der Waals surface area contributed by atoms with Gasteiger partial charge in [0.15, 0.2) is 0 Å². The van der Waals surface area contributed by atoms with Crippen molar-refractivity contribution in [1.29, 1.82) is 0 Å². The van der Waals surface area contributed by atoms with Crippen molar-refractivity contribution in [2.24, 2.45) is 0 Å². The van der Waals surface area contributed by atoms with E-state index in [1.165, 1.54) is 108 Å². The van der Waals surface area contributed by atoms with E-state index in [-0.39, 0.29) is 6.10 Å². The van der Waals surface area contributed by atoms with Crippen LogP contribution < -0.4 is 0 Å². The van der Waals surface area contributed by atoms with Crippen LogP contribution in [0.2, 0.25) is 0 Å². The number of ether oxygens (including phenoxy) is 2. The van der Waals surface area contributed by atoms with Gasteiger partial charge in [0.2, 0.25) is 0 Å². The van der Waals surface area contributed by atoms with E-state index in [9.17, 15) is 0 Å². The van der Waals surface area contributed by atoms with Crippen LogP contribution in [0.5, 0.6) is 0 Å². The lowest BCUT2D eigenvalue weighted by Crippen LogP contribution is -2.16. The van der Waals surface area contributed by atoms with Crippen LogP contribution in [-0.2, 0) is 16.1 Å². The van der Waals surface area contributed by atoms with Crippen molar-refractivity contribution < 1.29 is 9.47 Å². The van der Waals surface area contributed by atoms with E-state index in [1.807, 2.05) is 6.07 Å². The molecule has 0 saturated carbocycles. The van der Waals surface area contributed by atoms with Gasteiger partial charge in [-0.25, -0.2) is 0 Å². The summed E-state index contributed by atoms with van der Waals surface area (Å²) in [5, 5.41) is 0. The van der Waals surface area contributed by atoms with E-state index in [0.29, 0.717) is 13.2 Å². The molecule has 0 saturated heterocycles. The zero-order valence-corrected chi connectivity index (χ0v) is 20.2. The second kappa shape index (κ2) is 21.4. The summed E-state index contributed by atoms with van der Waals surface area (Å²) in [6, 6.07) is 10.3. The SMILES string of the molecule is CCCCCCCCCCCCCCCCCCO[C@H](C)COCc1ccccc1. The van der Waals surface area contributed by atoms with Crippen LogP contribution in [0.25, 0.3) is 0 Å². The van der Waals surface area contributed by atoms with Crippen LogP contribution in [0.15, 0.2) is 30.3 Å². The van der Waals surface area contributed by atoms with Crippen molar-refractivity contribution in [2.45, 2.75) is 129 Å². The van der Waals surface area contributed by atoms with Gasteiger partial charge in [-0.1, -0.05) is 134 Å². The van der Waals surface area contributed by atoms with Crippen LogP contribution in [-0.4, -0.2) is 19.3 Å². The van der Waals surface area contributed by atoms with Crippen molar-refractivity contribution in [3.63, 3.8) is 0 Å². The van der Waals surface area contributed by atoms with Crippen LogP contribution in [0.4, 0.5) is 0 Å². The Morgan fingerprint density at radius 3 is 1.60 bits per heavy atom. The maximum atomic E-state index is 5.87. The van der Waals surface area contributed by atoms with E-state index >= 15 is 0 Å². The average Bonchev–Trinajstić information content (AvgIpc) is 2.76. The summed E-state index contributed by atoms with van der Waals surface area (Å²) in [6.07, 6.45) is 22.7. The Bertz CT molecular complexity index is 445. The van der Waals surface area contributed by atoms with Crippen LogP contribution in [0.1, 0.15) is 122 Å². The summed E-state index contributed by atoms with van der Waals surface area (Å²) in [6.45, 7) is 6.62. The Balaban J connectivity index is 1.73. The van der Waals surface area contributed by atoms with Gasteiger partial charge in [-0.15, -0.1) is 0 Å². The van der Waals surface area contributed by atoms with Gasteiger partial charge in [0.25, 0.3) is 0 Å². The van der Waals surface area contributed by atoms with Crippen molar-refractivity contribution >= 4 is 0 Å². The molecule has 0 aliphatic rings. The first-order valence-electron chi connectivity index (χ1n) is 13.1. The van der Waals surface area contributed by atoms with E-state index in [1.54, 1.807) is 0 Å². The quantitative estimate of drug-likeness (QED) is 0.175. The molecule has 0 amide bonds. The van der Waals surface area contributed by atoms with Gasteiger partial charge in [0, 0.05) is 6.61 Å². The molecule has 0 aromatic heterocycles. The lowest BCUT2D eigenvalue weighted by Gasteiger charge is -2.13. The van der Waals surface area contributed by atoms with E-state index in [4.69, 9.17) is 9.47 Å². The number of unbranched alkanes of at least 4 members (excludes halogenated alkanes) is 15. The summed E-state index contributed by atoms with van der Waals surface area (Å²) < 4.78 is 11.6. The predicted octanol–water partition coefficient (Wildman–Crippen LogP) is 8.87. The third-order valence-corrected chi connectivity index (χ3v) is 5.86. The highest BCUT2D eigenvalue weighted by atomic mass is 16.5. The Kier molecular flexibility index (Phi) is 19.4. The molecule has 1 atom stereocenters. The van der Waals surface area contributed by atoms with Gasteiger partial charge in [0.1, 0.15) is 0 Å². The third-order valence-electron chi connectivity index (χ3n) is 5.86. The molecule has 0 aliphatic heterocycles. The van der Waals surface area contributed by atoms with Crippen molar-refractivity contribution in [3.05, 3.63) is 35.9 Å². The molecular weight excluding hydrogens is 368 g/mol. The molecule has 0 N–H and O–H groups in total. The summed E-state index contributed by atoms with van der Waals surface area (Å²) in [7, 11) is 0. The highest BCUT2D eigenvalue weighted by molar-refractivity contribution is 5.13. The van der Waals surface area contributed by atoms with Crippen LogP contribution in [0, 0.1) is 0 Å². The summed E-state index contributed by atoms with van der Waals surface area (Å²) in [4.78, 5) is 0. The summed E-state index contributed by atoms with van der Waals surface area (Å²) in [5.74, 6) is 0. The fourth-order valence-electron chi connectivity index (χ4n) is 3.90. The monoisotopic (exact) mass is 418 g/mol. The zero-order chi connectivity index (χ0) is 21.5. The highest BCUT2D eigenvalue weighted by Gasteiger charge is 2.02. The van der Waals surface area contributed by atoms with Crippen molar-refractivity contribution in [2.75, 3.05) is 13.2 Å². The zero-order valence-electron chi connectivity index (χ0n) is 20.2. The smallest absolute Gasteiger partial charge is 0.0780 e. The highest BCUT2D eigenvalue weighted by Crippen LogP contribution is 2.13. The van der Waals surface area contributed by atoms with E-state index in [0.717, 1.165) is 6.61 Å². The molecule has 0 spiro atoms. The fourth-order valence-corrected chi connectivity index (χ4v) is 3.90. The molecule has 1 aromatic rings. The molecule has 1 aromatic carbocycles. The molecule has 0 heterocycles. The van der Waals surface area contributed by atoms with Crippen LogP contribution in [0.3, 0.4) is 0 Å². The standard InChI is InChI=1S/C28H50O2/c1-3-4-5-6-7-8-9-10-11-12-13-14-15-16-17-21-24-30-27(2)25-29-26-28-22-19-18-20-23-28/h18-20,22-23,27H,3-17,21,24-26H2,1-2H3/t27-/m1/s1. The van der Waals surface area contributed by atoms with Gasteiger partial charge in [0.05, 0.1) is 19.3 Å². The van der Waals surface area contributed by atoms with E-state index in [2.05, 4.69) is 38.1 Å². The lowest BCUT2D eigenvalue weighted by atomic mass is 10.0. The first-order chi connectivity index (χ1) is 14.8. The molecule has 174 valence electrons. The number of hydrogen-bond donors (Lipinski definition) is 0. The number of rotatable bonds is 22. The largest absolute Gasteiger partial charge is 0.376 e. The minimum absolute atomic E-state index is 0.185. The molecule has 0 aliphatic carbocycles. The summed E-state index contributed by atoms with van der Waals surface area (Å²) in [5.41, 5.74) is 1.22. The first kappa shape index (κ1) is 27.2. The number of hydrogen-bond acceptors (Lipinski definition) is 2. The van der Waals surface area contributed by atoms with Crippen LogP contribution >= 0.6 is 0 Å². The van der Waals surface area contributed by atoms with Crippen molar-refractivity contribution in [3.8, 4) is 0 Å². The Morgan fingerprint density at radius 2 is 1.10 bits per heavy atom. The minimum atomic E-state index is 0.185. The molecule has 0 radical (unpaired) electrons. The van der Waals surface area contributed by atoms with Crippen molar-refractivity contribution in [1.82, 2.24) is 0 Å². The Labute approximate surface area is 188 Å². The maximum absolute atomic E-state index is 5.87. The topological polar surface area (TPSA) is 18.5 Å². The Morgan fingerprint density at radius 1 is 0.633 bits per heavy atom. The minimum Gasteiger partial charge on any atom is -0.376 e. The molecule has 30 heavy (non-hydrogen) atoms. The molecular formula is C28H50O2. The third kappa shape index (κ3) is 18.0. The summed E-state index contributed by atoms with van der Waals surface area (Å²) >= 11 is 0. The average molecular weight is 419 g/mol. The first-order valence-corrected chi connectivity index (χ1v) is 13.1. The van der Waals surface area contributed by atoms with E-state index < -0.39 is 0 Å². The molecule has 2 heteroatoms. The second-order valence-electron chi connectivity index (χ2n) is 8.99. The van der Waals surface area contributed by atoms with Gasteiger partial charge in [-0.3, -0.25) is 0 Å². The molecule has 0 unspecified atom stereocenters. The molecule has 1 rings (SSSR count). The Hall–Kier alpha value is -0.860. The maximum Gasteiger partial charge on any atom is 0.0780 e. The number of benzene rings is 1. The normalized spacial score (nSPS) is 12.3. The van der Waals surface area contributed by atoms with Gasteiger partial charge in [-0.05, 0) is 18.9 Å². The lowest BCUT2D eigenvalue weighted by molar-refractivity contribution is -0.0132. The second-order valence-corrected chi connectivity index (χ2v) is 8.99. The molecule has 0 fully saturated rings.